The number of nitrogens with one attached hydrogen (secondary N) is 2. The molecule has 0 saturated carbocycles. The molecule has 1 aliphatic heterocycles. The molecule has 30 heavy (non-hydrogen) atoms. The van der Waals surface area contributed by atoms with Crippen molar-refractivity contribution in [3.63, 3.8) is 0 Å². The maximum atomic E-state index is 4.41. The highest BCUT2D eigenvalue weighted by molar-refractivity contribution is 14.0. The minimum Gasteiger partial charge on any atom is -0.356 e. The summed E-state index contributed by atoms with van der Waals surface area (Å²) in [7, 11) is 1.84. The van der Waals surface area contributed by atoms with Crippen molar-refractivity contribution >= 4 is 35.6 Å². The van der Waals surface area contributed by atoms with Gasteiger partial charge in [-0.2, -0.15) is 0 Å². The molecule has 1 saturated heterocycles. The van der Waals surface area contributed by atoms with Crippen molar-refractivity contribution in [2.45, 2.75) is 58.4 Å². The SMILES string of the molecule is CN=C(NCCCc1nnc2ccccn12)NCC(C(C)C)N1CCCCCC1.I. The zero-order valence-electron chi connectivity index (χ0n) is 18.7. The summed E-state index contributed by atoms with van der Waals surface area (Å²) < 4.78 is 2.06. The predicted molar refractivity (Wildman–Crippen MR) is 135 cm³/mol. The molecule has 1 fully saturated rings. The number of hydrogen-bond acceptors (Lipinski definition) is 4. The number of aryl methyl sites for hydroxylation is 1. The van der Waals surface area contributed by atoms with Gasteiger partial charge in [-0.25, -0.2) is 0 Å². The van der Waals surface area contributed by atoms with Crippen LogP contribution in [0.3, 0.4) is 0 Å². The molecule has 0 amide bonds. The van der Waals surface area contributed by atoms with Gasteiger partial charge < -0.3 is 10.6 Å². The Morgan fingerprint density at radius 2 is 1.87 bits per heavy atom. The first-order valence-electron chi connectivity index (χ1n) is 11.2. The Labute approximate surface area is 198 Å². The van der Waals surface area contributed by atoms with Crippen LogP contribution in [-0.2, 0) is 6.42 Å². The van der Waals surface area contributed by atoms with Gasteiger partial charge in [-0.1, -0.05) is 32.8 Å². The first-order chi connectivity index (χ1) is 14.2. The molecule has 2 aromatic rings. The Morgan fingerprint density at radius 3 is 2.57 bits per heavy atom. The number of aromatic nitrogens is 3. The van der Waals surface area contributed by atoms with Crippen LogP contribution in [0, 0.1) is 5.92 Å². The van der Waals surface area contributed by atoms with Crippen molar-refractivity contribution in [1.29, 1.82) is 0 Å². The summed E-state index contributed by atoms with van der Waals surface area (Å²) in [6.45, 7) is 8.90. The molecule has 3 rings (SSSR count). The van der Waals surface area contributed by atoms with E-state index in [4.69, 9.17) is 0 Å². The van der Waals surface area contributed by atoms with E-state index in [1.165, 1.54) is 38.8 Å². The third-order valence-electron chi connectivity index (χ3n) is 5.84. The van der Waals surface area contributed by atoms with Gasteiger partial charge in [-0.3, -0.25) is 14.3 Å². The molecule has 0 radical (unpaired) electrons. The summed E-state index contributed by atoms with van der Waals surface area (Å²) in [4.78, 5) is 7.09. The van der Waals surface area contributed by atoms with Crippen molar-refractivity contribution in [3.05, 3.63) is 30.2 Å². The molecule has 0 bridgehead atoms. The van der Waals surface area contributed by atoms with Crippen molar-refractivity contribution < 1.29 is 0 Å². The Hall–Kier alpha value is -1.42. The summed E-state index contributed by atoms with van der Waals surface area (Å²) >= 11 is 0. The average Bonchev–Trinajstić information content (AvgIpc) is 2.94. The van der Waals surface area contributed by atoms with Crippen LogP contribution in [0.1, 0.15) is 51.8 Å². The smallest absolute Gasteiger partial charge is 0.191 e. The second-order valence-electron chi connectivity index (χ2n) is 8.29. The molecule has 168 valence electrons. The van der Waals surface area contributed by atoms with Crippen LogP contribution in [0.25, 0.3) is 5.65 Å². The standard InChI is InChI=1S/C22H37N7.HI/c1-18(2)19(28-14-7-4-5-8-15-28)17-25-22(23-3)24-13-10-12-21-27-26-20-11-6-9-16-29(20)21;/h6,9,11,16,18-19H,4-5,7-8,10,12-15,17H2,1-3H3,(H2,23,24,25);1H. The number of hydrogen-bond donors (Lipinski definition) is 2. The second-order valence-corrected chi connectivity index (χ2v) is 8.29. The highest BCUT2D eigenvalue weighted by Gasteiger charge is 2.22. The van der Waals surface area contributed by atoms with E-state index in [-0.39, 0.29) is 24.0 Å². The molecule has 8 heteroatoms. The number of likely N-dealkylation sites (tertiary alicyclic amines) is 1. The van der Waals surface area contributed by atoms with Gasteiger partial charge in [0.15, 0.2) is 11.6 Å². The molecule has 0 aromatic carbocycles. The molecule has 3 heterocycles. The highest BCUT2D eigenvalue weighted by atomic mass is 127. The number of fused-ring (bicyclic) bond motifs is 1. The highest BCUT2D eigenvalue weighted by Crippen LogP contribution is 2.17. The van der Waals surface area contributed by atoms with Crippen LogP contribution in [-0.4, -0.2) is 64.7 Å². The lowest BCUT2D eigenvalue weighted by molar-refractivity contribution is 0.161. The maximum Gasteiger partial charge on any atom is 0.191 e. The normalized spacial score (nSPS) is 16.9. The zero-order chi connectivity index (χ0) is 20.5. The van der Waals surface area contributed by atoms with Crippen LogP contribution in [0.15, 0.2) is 29.4 Å². The lowest BCUT2D eigenvalue weighted by atomic mass is 10.0. The van der Waals surface area contributed by atoms with Crippen LogP contribution < -0.4 is 10.6 Å². The third kappa shape index (κ3) is 7.08. The number of pyridine rings is 1. The fourth-order valence-corrected chi connectivity index (χ4v) is 4.15. The minimum atomic E-state index is 0. The predicted octanol–water partition coefficient (Wildman–Crippen LogP) is 3.35. The molecular formula is C22H38IN7. The summed E-state index contributed by atoms with van der Waals surface area (Å²) in [6.07, 6.45) is 9.29. The van der Waals surface area contributed by atoms with E-state index in [2.05, 4.69) is 49.0 Å². The Bertz CT molecular complexity index is 766. The second kappa shape index (κ2) is 13.1. The first-order valence-corrected chi connectivity index (χ1v) is 11.2. The summed E-state index contributed by atoms with van der Waals surface area (Å²) in [5, 5.41) is 15.5. The van der Waals surface area contributed by atoms with Gasteiger partial charge >= 0.3 is 0 Å². The van der Waals surface area contributed by atoms with E-state index in [0.717, 1.165) is 43.4 Å². The van der Waals surface area contributed by atoms with Crippen molar-refractivity contribution in [2.24, 2.45) is 10.9 Å². The first kappa shape index (κ1) is 24.8. The Kier molecular flexibility index (Phi) is 10.8. The quantitative estimate of drug-likeness (QED) is 0.239. The van der Waals surface area contributed by atoms with Crippen molar-refractivity contribution in [1.82, 2.24) is 30.1 Å². The molecule has 1 aliphatic rings. The fraction of sp³-hybridized carbons (Fsp3) is 0.682. The van der Waals surface area contributed by atoms with E-state index < -0.39 is 0 Å². The van der Waals surface area contributed by atoms with Crippen molar-refractivity contribution in [2.75, 3.05) is 33.2 Å². The number of aliphatic imine (C=N–C) groups is 1. The summed E-state index contributed by atoms with van der Waals surface area (Å²) in [5.74, 6) is 2.52. The van der Waals surface area contributed by atoms with E-state index in [1.807, 2.05) is 31.4 Å². The Balaban J connectivity index is 0.00000320. The summed E-state index contributed by atoms with van der Waals surface area (Å²) in [6, 6.07) is 6.53. The fourth-order valence-electron chi connectivity index (χ4n) is 4.15. The number of guanidine groups is 1. The van der Waals surface area contributed by atoms with Crippen LogP contribution in [0.2, 0.25) is 0 Å². The average molecular weight is 527 g/mol. The van der Waals surface area contributed by atoms with Gasteiger partial charge in [0, 0.05) is 38.8 Å². The molecule has 2 N–H and O–H groups in total. The van der Waals surface area contributed by atoms with Gasteiger partial charge in [-0.05, 0) is 50.4 Å². The van der Waals surface area contributed by atoms with Gasteiger partial charge in [-0.15, -0.1) is 34.2 Å². The maximum absolute atomic E-state index is 4.41. The van der Waals surface area contributed by atoms with Crippen LogP contribution >= 0.6 is 24.0 Å². The number of nitrogens with zero attached hydrogens (tertiary/aromatic N) is 5. The van der Waals surface area contributed by atoms with E-state index >= 15 is 0 Å². The third-order valence-corrected chi connectivity index (χ3v) is 5.84. The lowest BCUT2D eigenvalue weighted by Crippen LogP contribution is -2.49. The molecule has 7 nitrogen and oxygen atoms in total. The van der Waals surface area contributed by atoms with Gasteiger partial charge in [0.25, 0.3) is 0 Å². The van der Waals surface area contributed by atoms with Gasteiger partial charge in [0.1, 0.15) is 5.82 Å². The lowest BCUT2D eigenvalue weighted by Gasteiger charge is -2.34. The van der Waals surface area contributed by atoms with E-state index in [1.54, 1.807) is 0 Å². The topological polar surface area (TPSA) is 69.8 Å². The zero-order valence-corrected chi connectivity index (χ0v) is 21.0. The Morgan fingerprint density at radius 1 is 1.10 bits per heavy atom. The van der Waals surface area contributed by atoms with Gasteiger partial charge in [0.05, 0.1) is 0 Å². The molecule has 1 atom stereocenters. The van der Waals surface area contributed by atoms with Crippen LogP contribution in [0.4, 0.5) is 0 Å². The van der Waals surface area contributed by atoms with Crippen molar-refractivity contribution in [3.8, 4) is 0 Å². The number of rotatable bonds is 8. The van der Waals surface area contributed by atoms with Crippen LogP contribution in [0.5, 0.6) is 0 Å². The largest absolute Gasteiger partial charge is 0.356 e. The molecular weight excluding hydrogens is 489 g/mol. The van der Waals surface area contributed by atoms with E-state index in [0.29, 0.717) is 12.0 Å². The summed E-state index contributed by atoms with van der Waals surface area (Å²) in [5.41, 5.74) is 0.904. The molecule has 0 aliphatic carbocycles. The number of halogens is 1. The minimum absolute atomic E-state index is 0. The molecule has 2 aromatic heterocycles. The molecule has 0 spiro atoms. The van der Waals surface area contributed by atoms with Gasteiger partial charge in [0.2, 0.25) is 0 Å². The van der Waals surface area contributed by atoms with E-state index in [9.17, 15) is 0 Å². The monoisotopic (exact) mass is 527 g/mol. The molecule has 1 unspecified atom stereocenters.